The lowest BCUT2D eigenvalue weighted by molar-refractivity contribution is -0.197. The van der Waals surface area contributed by atoms with Gasteiger partial charge in [-0.25, -0.2) is 18.2 Å². The Labute approximate surface area is 321 Å². The molecular formula is C36H45ClF3N5O9S. The number of carbonyl (C=O) groups is 4. The number of nitrogens with zero attached hydrogens (tertiary/aromatic N) is 2. The standard InChI is InChI=1S/C36H45ClF3N5O9S/c1-5-19(6-2)29(42-34(49)53-18(3)36(38,39)40)32(47)45-17-22(54-31-25-13-21(37)9-12-24(25)28(52-4)16-41-31)14-27(45)30(46)43-35(15-26(35)20-7-8-20)33(48)44-55(50,51)23-10-11-23/h9,12-13,16,18-20,22-23,26-27,29H,5-8,10-11,14-15,17H2,1-4H3,(H,42,49)(H,43,46)(H,44,48)/t18-,22-,26+,27+,29+,35-/m1/s1. The minimum absolute atomic E-state index is 0.113. The Hall–Kier alpha value is -4.06. The van der Waals surface area contributed by atoms with Crippen LogP contribution in [-0.2, 0) is 29.1 Å². The first kappa shape index (κ1) is 40.6. The van der Waals surface area contributed by atoms with E-state index in [-0.39, 0.29) is 37.1 Å². The molecule has 0 unspecified atom stereocenters. The smallest absolute Gasteiger partial charge is 0.425 e. The van der Waals surface area contributed by atoms with Crippen LogP contribution in [0.1, 0.15) is 72.1 Å². The molecule has 1 aromatic heterocycles. The number of hydrogen-bond donors (Lipinski definition) is 3. The minimum atomic E-state index is -4.85. The van der Waals surface area contributed by atoms with E-state index in [9.17, 15) is 40.8 Å². The molecule has 2 aromatic rings. The summed E-state index contributed by atoms with van der Waals surface area (Å²) >= 11 is 6.31. The van der Waals surface area contributed by atoms with Crippen molar-refractivity contribution in [3.8, 4) is 11.6 Å². The van der Waals surface area contributed by atoms with Crippen molar-refractivity contribution in [1.82, 2.24) is 25.2 Å². The summed E-state index contributed by atoms with van der Waals surface area (Å²) in [5.41, 5.74) is -1.52. The van der Waals surface area contributed by atoms with Gasteiger partial charge in [0.1, 0.15) is 29.5 Å². The number of halogens is 4. The van der Waals surface area contributed by atoms with E-state index < -0.39 is 81.0 Å². The number of aromatic nitrogens is 1. The molecule has 2 heterocycles. The van der Waals surface area contributed by atoms with Gasteiger partial charge in [0, 0.05) is 22.2 Å². The molecule has 1 aliphatic heterocycles. The predicted molar refractivity (Wildman–Crippen MR) is 193 cm³/mol. The predicted octanol–water partition coefficient (Wildman–Crippen LogP) is 4.62. The molecule has 19 heteroatoms. The quantitative estimate of drug-likeness (QED) is 0.230. The van der Waals surface area contributed by atoms with Gasteiger partial charge in [-0.05, 0) is 75.0 Å². The maximum atomic E-state index is 14.5. The van der Waals surface area contributed by atoms with Crippen LogP contribution in [0.25, 0.3) is 10.8 Å². The van der Waals surface area contributed by atoms with Gasteiger partial charge >= 0.3 is 12.3 Å². The molecule has 6 rings (SSSR count). The van der Waals surface area contributed by atoms with Crippen molar-refractivity contribution in [1.29, 1.82) is 0 Å². The molecule has 4 amide bonds. The Morgan fingerprint density at radius 3 is 2.38 bits per heavy atom. The van der Waals surface area contributed by atoms with Crippen molar-refractivity contribution in [2.24, 2.45) is 17.8 Å². The van der Waals surface area contributed by atoms with Crippen molar-refractivity contribution >= 4 is 56.2 Å². The molecule has 0 spiro atoms. The van der Waals surface area contributed by atoms with Crippen molar-refractivity contribution in [2.45, 2.75) is 113 Å². The van der Waals surface area contributed by atoms with Gasteiger partial charge in [-0.1, -0.05) is 38.3 Å². The van der Waals surface area contributed by atoms with E-state index in [4.69, 9.17) is 21.1 Å². The number of alkyl halides is 3. The van der Waals surface area contributed by atoms with Crippen molar-refractivity contribution in [2.75, 3.05) is 13.7 Å². The zero-order valence-corrected chi connectivity index (χ0v) is 32.4. The van der Waals surface area contributed by atoms with E-state index >= 15 is 0 Å². The molecule has 4 aliphatic rings. The van der Waals surface area contributed by atoms with E-state index in [2.05, 4.69) is 25.1 Å². The highest BCUT2D eigenvalue weighted by atomic mass is 35.5. The van der Waals surface area contributed by atoms with Gasteiger partial charge in [-0.15, -0.1) is 0 Å². The molecule has 3 N–H and O–H groups in total. The zero-order valence-electron chi connectivity index (χ0n) is 30.8. The number of alkyl carbamates (subject to hydrolysis) is 1. The van der Waals surface area contributed by atoms with Gasteiger partial charge in [0.05, 0.1) is 25.1 Å². The number of likely N-dealkylation sites (tertiary alicyclic amines) is 1. The molecule has 0 bridgehead atoms. The highest BCUT2D eigenvalue weighted by Crippen LogP contribution is 2.57. The largest absolute Gasteiger partial charge is 0.494 e. The van der Waals surface area contributed by atoms with Crippen molar-refractivity contribution < 1.29 is 55.0 Å². The van der Waals surface area contributed by atoms with Crippen molar-refractivity contribution in [3.05, 3.63) is 29.4 Å². The monoisotopic (exact) mass is 815 g/mol. The van der Waals surface area contributed by atoms with Crippen LogP contribution in [0, 0.1) is 17.8 Å². The number of sulfonamides is 1. The minimum Gasteiger partial charge on any atom is -0.494 e. The third-order valence-corrected chi connectivity index (χ3v) is 13.1. The number of hydrogen-bond acceptors (Lipinski definition) is 10. The normalized spacial score (nSPS) is 24.9. The number of nitrogens with one attached hydrogen (secondary N) is 3. The molecule has 3 saturated carbocycles. The van der Waals surface area contributed by atoms with Crippen LogP contribution in [0.3, 0.4) is 0 Å². The van der Waals surface area contributed by atoms with Gasteiger partial charge in [-0.3, -0.25) is 19.1 Å². The summed E-state index contributed by atoms with van der Waals surface area (Å²) in [7, 11) is -2.47. The van der Waals surface area contributed by atoms with E-state index in [1.165, 1.54) is 18.2 Å². The van der Waals surface area contributed by atoms with Crippen LogP contribution in [0.5, 0.6) is 11.6 Å². The average Bonchev–Trinajstić information content (AvgIpc) is 4.00. The fourth-order valence-electron chi connectivity index (χ4n) is 7.46. The molecule has 3 aliphatic carbocycles. The van der Waals surface area contributed by atoms with Gasteiger partial charge in [0.15, 0.2) is 6.10 Å². The van der Waals surface area contributed by atoms with Crippen molar-refractivity contribution in [3.63, 3.8) is 0 Å². The first-order valence-electron chi connectivity index (χ1n) is 18.4. The number of carbonyl (C=O) groups excluding carboxylic acids is 4. The van der Waals surface area contributed by atoms with Crippen LogP contribution >= 0.6 is 11.6 Å². The molecule has 6 atom stereocenters. The van der Waals surface area contributed by atoms with E-state index in [1.54, 1.807) is 32.0 Å². The number of benzene rings is 1. The molecule has 1 saturated heterocycles. The van der Waals surface area contributed by atoms with Gasteiger partial charge < -0.3 is 29.7 Å². The fraction of sp³-hybridized carbons (Fsp3) is 0.639. The molecule has 4 fully saturated rings. The van der Waals surface area contributed by atoms with Crippen LogP contribution in [-0.4, -0.2) is 97.0 Å². The lowest BCUT2D eigenvalue weighted by atomic mass is 9.93. The second-order valence-corrected chi connectivity index (χ2v) is 17.3. The molecule has 1 aromatic carbocycles. The van der Waals surface area contributed by atoms with Crippen LogP contribution < -0.4 is 24.8 Å². The van der Waals surface area contributed by atoms with Crippen LogP contribution in [0.15, 0.2) is 24.4 Å². The van der Waals surface area contributed by atoms with E-state index in [0.717, 1.165) is 12.8 Å². The summed E-state index contributed by atoms with van der Waals surface area (Å²) in [5.74, 6) is -2.59. The SMILES string of the molecule is CCC(CC)[C@H](NC(=O)O[C@H](C)C(F)(F)F)C(=O)N1C[C@H](Oc2ncc(OC)c3ccc(Cl)cc23)C[C@H]1C(=O)N[C@]1(C(=O)NS(=O)(=O)C2CC2)C[C@H]1C1CC1. The summed E-state index contributed by atoms with van der Waals surface area (Å²) in [6, 6.07) is 2.28. The third-order valence-electron chi connectivity index (χ3n) is 11.1. The topological polar surface area (TPSA) is 182 Å². The molecular weight excluding hydrogens is 771 g/mol. The summed E-state index contributed by atoms with van der Waals surface area (Å²) in [6.45, 7) is 3.93. The Kier molecular flexibility index (Phi) is 11.4. The van der Waals surface area contributed by atoms with E-state index in [1.807, 2.05) is 0 Å². The van der Waals surface area contributed by atoms with Gasteiger partial charge in [-0.2, -0.15) is 13.2 Å². The number of pyridine rings is 1. The first-order valence-corrected chi connectivity index (χ1v) is 20.4. The van der Waals surface area contributed by atoms with Gasteiger partial charge in [0.25, 0.3) is 5.91 Å². The second-order valence-electron chi connectivity index (χ2n) is 14.9. The number of ether oxygens (including phenoxy) is 3. The number of amides is 4. The van der Waals surface area contributed by atoms with Gasteiger partial charge in [0.2, 0.25) is 27.7 Å². The third kappa shape index (κ3) is 8.69. The molecule has 0 radical (unpaired) electrons. The van der Waals surface area contributed by atoms with Crippen LogP contribution in [0.4, 0.5) is 18.0 Å². The lowest BCUT2D eigenvalue weighted by Crippen LogP contribution is -2.59. The highest BCUT2D eigenvalue weighted by Gasteiger charge is 2.67. The molecule has 302 valence electrons. The summed E-state index contributed by atoms with van der Waals surface area (Å²) in [5, 5.41) is 5.93. The fourth-order valence-corrected chi connectivity index (χ4v) is 9.00. The molecule has 14 nitrogen and oxygen atoms in total. The number of rotatable bonds is 15. The Morgan fingerprint density at radius 1 is 1.09 bits per heavy atom. The average molecular weight is 816 g/mol. The molecule has 55 heavy (non-hydrogen) atoms. The maximum absolute atomic E-state index is 14.5. The van der Waals surface area contributed by atoms with Crippen LogP contribution in [0.2, 0.25) is 5.02 Å². The zero-order chi connectivity index (χ0) is 40.0. The summed E-state index contributed by atoms with van der Waals surface area (Å²) in [4.78, 5) is 61.0. The Balaban J connectivity index is 1.31. The highest BCUT2D eigenvalue weighted by molar-refractivity contribution is 7.91. The first-order chi connectivity index (χ1) is 25.9. The number of fused-ring (bicyclic) bond motifs is 1. The Bertz CT molecular complexity index is 1940. The van der Waals surface area contributed by atoms with E-state index in [0.29, 0.717) is 54.2 Å². The maximum Gasteiger partial charge on any atom is 0.425 e. The summed E-state index contributed by atoms with van der Waals surface area (Å²) in [6.07, 6.45) is -5.00. The number of methoxy groups -OCH3 is 1. The Morgan fingerprint density at radius 2 is 1.78 bits per heavy atom. The second kappa shape index (κ2) is 15.5. The lowest BCUT2D eigenvalue weighted by Gasteiger charge is -2.33. The summed E-state index contributed by atoms with van der Waals surface area (Å²) < 4.78 is 83.9.